The number of fused-ring (bicyclic) bond motifs is 1. The molecule has 2 saturated carbocycles. The van der Waals surface area contributed by atoms with Crippen molar-refractivity contribution in [2.75, 3.05) is 13.2 Å². The van der Waals surface area contributed by atoms with Crippen LogP contribution >= 0.6 is 0 Å². The quantitative estimate of drug-likeness (QED) is 0.606. The van der Waals surface area contributed by atoms with Crippen molar-refractivity contribution in [1.82, 2.24) is 14.9 Å². The second-order valence-corrected chi connectivity index (χ2v) is 8.61. The van der Waals surface area contributed by atoms with Crippen LogP contribution in [-0.2, 0) is 16.6 Å². The van der Waals surface area contributed by atoms with Gasteiger partial charge >= 0.3 is 0 Å². The molecule has 2 aliphatic carbocycles. The Morgan fingerprint density at radius 1 is 1.19 bits per heavy atom. The lowest BCUT2D eigenvalue weighted by molar-refractivity contribution is -0.125. The fraction of sp³-hybridized carbons (Fsp3) is 0.636. The number of amides is 1. The topological polar surface area (TPSA) is 94.8 Å². The van der Waals surface area contributed by atoms with Crippen LogP contribution in [-0.4, -0.2) is 58.1 Å². The first kappa shape index (κ1) is 22.7. The lowest BCUT2D eigenvalue weighted by Gasteiger charge is -2.29. The molecule has 176 valence electrons. The molecule has 2 N–H and O–H groups in total. The van der Waals surface area contributed by atoms with Gasteiger partial charge in [-0.05, 0) is 45.4 Å². The summed E-state index contributed by atoms with van der Waals surface area (Å²) >= 11 is 0. The third-order valence-electron chi connectivity index (χ3n) is 5.81. The van der Waals surface area contributed by atoms with Gasteiger partial charge in [0, 0.05) is 19.2 Å². The molecule has 2 fully saturated rings. The number of nitrogens with zero attached hydrogens (tertiary/aromatic N) is 2. The number of carbonyl (C=O) groups is 1. The lowest BCUT2D eigenvalue weighted by atomic mass is 9.95. The van der Waals surface area contributed by atoms with Crippen LogP contribution in [0.15, 0.2) is 6.07 Å². The van der Waals surface area contributed by atoms with E-state index in [1.807, 2.05) is 6.92 Å². The van der Waals surface area contributed by atoms with E-state index in [-0.39, 0.29) is 47.1 Å². The largest absolute Gasteiger partial charge is 0.487 e. The van der Waals surface area contributed by atoms with Gasteiger partial charge in [0.15, 0.2) is 17.4 Å². The van der Waals surface area contributed by atoms with Crippen molar-refractivity contribution in [2.24, 2.45) is 7.05 Å². The van der Waals surface area contributed by atoms with E-state index >= 15 is 0 Å². The summed E-state index contributed by atoms with van der Waals surface area (Å²) in [5.74, 6) is -1.78. The summed E-state index contributed by atoms with van der Waals surface area (Å²) in [4.78, 5) is 15.4. The molecule has 0 bridgehead atoms. The third-order valence-corrected chi connectivity index (χ3v) is 5.81. The Kier molecular flexibility index (Phi) is 6.80. The van der Waals surface area contributed by atoms with Crippen LogP contribution in [0.4, 0.5) is 8.78 Å². The molecule has 10 heteroatoms. The molecule has 4 rings (SSSR count). The van der Waals surface area contributed by atoms with Crippen LogP contribution in [0.25, 0.3) is 11.0 Å². The molecule has 8 nitrogen and oxygen atoms in total. The number of benzene rings is 1. The molecular formula is C22H29F2N3O5. The lowest BCUT2D eigenvalue weighted by Crippen LogP contribution is -2.39. The van der Waals surface area contributed by atoms with Crippen LogP contribution in [0.5, 0.6) is 11.8 Å². The zero-order chi connectivity index (χ0) is 22.8. The highest BCUT2D eigenvalue weighted by Gasteiger charge is 2.29. The van der Waals surface area contributed by atoms with Crippen molar-refractivity contribution in [3.05, 3.63) is 17.7 Å². The van der Waals surface area contributed by atoms with E-state index in [1.54, 1.807) is 7.05 Å². The Morgan fingerprint density at radius 2 is 1.81 bits per heavy atom. The molecule has 1 aromatic carbocycles. The maximum Gasteiger partial charge on any atom is 0.297 e. The summed E-state index contributed by atoms with van der Waals surface area (Å²) in [6.07, 6.45) is 4.51. The van der Waals surface area contributed by atoms with Gasteiger partial charge in [-0.25, -0.2) is 8.78 Å². The van der Waals surface area contributed by atoms with Gasteiger partial charge in [0.25, 0.3) is 6.01 Å². The number of rotatable bonds is 9. The fourth-order valence-corrected chi connectivity index (χ4v) is 3.92. The van der Waals surface area contributed by atoms with Crippen molar-refractivity contribution in [1.29, 1.82) is 0 Å². The average molecular weight is 453 g/mol. The maximum atomic E-state index is 14.9. The molecule has 2 aromatic rings. The van der Waals surface area contributed by atoms with E-state index in [0.717, 1.165) is 31.7 Å². The number of hydrogen-bond acceptors (Lipinski definition) is 6. The first-order chi connectivity index (χ1) is 15.4. The molecule has 0 saturated heterocycles. The van der Waals surface area contributed by atoms with E-state index < -0.39 is 24.1 Å². The average Bonchev–Trinajstić information content (AvgIpc) is 3.53. The molecule has 1 aromatic heterocycles. The third kappa shape index (κ3) is 5.12. The van der Waals surface area contributed by atoms with E-state index in [0.29, 0.717) is 19.4 Å². The van der Waals surface area contributed by atoms with Gasteiger partial charge in [0.2, 0.25) is 5.91 Å². The molecule has 1 heterocycles. The molecule has 1 amide bonds. The van der Waals surface area contributed by atoms with Crippen molar-refractivity contribution in [3.63, 3.8) is 0 Å². The number of imidazole rings is 1. The zero-order valence-electron chi connectivity index (χ0n) is 18.3. The summed E-state index contributed by atoms with van der Waals surface area (Å²) in [5.41, 5.74) is -0.0364. The minimum Gasteiger partial charge on any atom is -0.487 e. The highest BCUT2D eigenvalue weighted by molar-refractivity contribution is 5.80. The van der Waals surface area contributed by atoms with Crippen LogP contribution in [0.2, 0.25) is 0 Å². The van der Waals surface area contributed by atoms with E-state index in [2.05, 4.69) is 10.3 Å². The van der Waals surface area contributed by atoms with Gasteiger partial charge in [0.05, 0.1) is 18.8 Å². The number of aromatic nitrogens is 2. The summed E-state index contributed by atoms with van der Waals surface area (Å²) in [5, 5.41) is 11.4. The molecule has 32 heavy (non-hydrogen) atoms. The Labute approximate surface area is 184 Å². The Balaban J connectivity index is 1.34. The van der Waals surface area contributed by atoms with Gasteiger partial charge < -0.3 is 24.6 Å². The Morgan fingerprint density at radius 3 is 2.47 bits per heavy atom. The minimum atomic E-state index is -0.637. The van der Waals surface area contributed by atoms with Crippen molar-refractivity contribution in [2.45, 2.75) is 69.8 Å². The summed E-state index contributed by atoms with van der Waals surface area (Å²) in [6, 6.07) is 1.03. The first-order valence-corrected chi connectivity index (χ1v) is 11.0. The van der Waals surface area contributed by atoms with Gasteiger partial charge in [-0.3, -0.25) is 9.36 Å². The van der Waals surface area contributed by atoms with Crippen LogP contribution in [0.1, 0.15) is 45.4 Å². The number of nitrogens with one attached hydrogen (secondary N) is 1. The number of aliphatic hydroxyl groups is 1. The summed E-state index contributed by atoms with van der Waals surface area (Å²) < 4.78 is 48.2. The molecule has 1 atom stereocenters. The van der Waals surface area contributed by atoms with Gasteiger partial charge in [-0.2, -0.15) is 4.98 Å². The second-order valence-electron chi connectivity index (χ2n) is 8.61. The SMILES string of the molecule is C[C@@H](COC1CCC(Oc2nc3c(F)cc(OC4CC4)c(F)c3n2C)CC1)NC(=O)CO. The minimum absolute atomic E-state index is 0.0339. The van der Waals surface area contributed by atoms with Crippen LogP contribution < -0.4 is 14.8 Å². The first-order valence-electron chi connectivity index (χ1n) is 11.0. The van der Waals surface area contributed by atoms with Gasteiger partial charge in [0.1, 0.15) is 23.7 Å². The van der Waals surface area contributed by atoms with E-state index in [4.69, 9.17) is 19.3 Å². The summed E-state index contributed by atoms with van der Waals surface area (Å²) in [6.45, 7) is 1.63. The highest BCUT2D eigenvalue weighted by atomic mass is 19.1. The van der Waals surface area contributed by atoms with Crippen LogP contribution in [0, 0.1) is 11.6 Å². The Bertz CT molecular complexity index is 970. The number of aliphatic hydroxyl groups excluding tert-OH is 1. The van der Waals surface area contributed by atoms with Gasteiger partial charge in [-0.1, -0.05) is 0 Å². The van der Waals surface area contributed by atoms with E-state index in [9.17, 15) is 13.6 Å². The molecule has 2 aliphatic rings. The molecule has 0 radical (unpaired) electrons. The monoisotopic (exact) mass is 453 g/mol. The fourth-order valence-electron chi connectivity index (χ4n) is 3.92. The molecule has 0 spiro atoms. The zero-order valence-corrected chi connectivity index (χ0v) is 18.3. The van der Waals surface area contributed by atoms with Crippen molar-refractivity contribution < 1.29 is 32.9 Å². The Hall–Kier alpha value is -2.46. The van der Waals surface area contributed by atoms with Gasteiger partial charge in [-0.15, -0.1) is 0 Å². The second kappa shape index (κ2) is 9.58. The van der Waals surface area contributed by atoms with Crippen molar-refractivity contribution in [3.8, 4) is 11.8 Å². The standard InChI is InChI=1S/C22H29F2N3O5/c1-12(25-18(29)10-28)11-30-13-3-5-15(6-4-13)32-22-26-20-16(23)9-17(31-14-7-8-14)19(24)21(20)27(22)2/h9,12-15,28H,3-8,10-11H2,1-2H3,(H,25,29)/t12-,13?,15?/m0/s1. The summed E-state index contributed by atoms with van der Waals surface area (Å²) in [7, 11) is 1.60. The number of halogens is 2. The number of hydrogen-bond donors (Lipinski definition) is 2. The molecule has 0 unspecified atom stereocenters. The van der Waals surface area contributed by atoms with E-state index in [1.165, 1.54) is 4.57 Å². The smallest absolute Gasteiger partial charge is 0.297 e. The maximum absolute atomic E-state index is 14.9. The normalized spacial score (nSPS) is 22.0. The number of carbonyl (C=O) groups excluding carboxylic acids is 1. The predicted octanol–water partition coefficient (Wildman–Crippen LogP) is 2.60. The van der Waals surface area contributed by atoms with Crippen LogP contribution in [0.3, 0.4) is 0 Å². The highest BCUT2D eigenvalue weighted by Crippen LogP contribution is 2.35. The van der Waals surface area contributed by atoms with Crippen molar-refractivity contribution >= 4 is 16.9 Å². The molecular weight excluding hydrogens is 424 g/mol. The molecule has 0 aliphatic heterocycles. The predicted molar refractivity (Wildman–Crippen MR) is 112 cm³/mol. The number of ether oxygens (including phenoxy) is 3. The number of aryl methyl sites for hydroxylation is 1.